The lowest BCUT2D eigenvalue weighted by Gasteiger charge is -2.27. The van der Waals surface area contributed by atoms with Gasteiger partial charge in [-0.1, -0.05) is 6.58 Å². The molecule has 2 bridgehead atoms. The Morgan fingerprint density at radius 3 is 3.18 bits per heavy atom. The molecule has 0 unspecified atom stereocenters. The second-order valence-corrected chi connectivity index (χ2v) is 6.90. The molecule has 0 radical (unpaired) electrons. The molecule has 144 valence electrons. The van der Waals surface area contributed by atoms with Crippen LogP contribution in [-0.4, -0.2) is 32.1 Å². The summed E-state index contributed by atoms with van der Waals surface area (Å²) in [4.78, 5) is 10.1. The van der Waals surface area contributed by atoms with E-state index in [1.807, 2.05) is 0 Å². The molecule has 1 N–H and O–H groups in total. The number of fused-ring (bicyclic) bond motifs is 5. The first-order valence-electron chi connectivity index (χ1n) is 12.1. The fourth-order valence-electron chi connectivity index (χ4n) is 3.67. The van der Waals surface area contributed by atoms with Crippen molar-refractivity contribution in [3.8, 4) is 0 Å². The van der Waals surface area contributed by atoms with Crippen LogP contribution in [-0.2, 0) is 6.37 Å². The van der Waals surface area contributed by atoms with E-state index in [4.69, 9.17) is 8.22 Å². The van der Waals surface area contributed by atoms with Gasteiger partial charge in [0.05, 0.1) is 24.0 Å². The Morgan fingerprint density at radius 1 is 1.39 bits per heavy atom. The van der Waals surface area contributed by atoms with Crippen LogP contribution in [0.3, 0.4) is 0 Å². The van der Waals surface area contributed by atoms with Crippen molar-refractivity contribution in [1.82, 2.24) is 24.9 Å². The summed E-state index contributed by atoms with van der Waals surface area (Å²) in [5.41, 5.74) is 0.968. The summed E-state index contributed by atoms with van der Waals surface area (Å²) in [6, 6.07) is 0.834. The molecule has 6 nitrogen and oxygen atoms in total. The number of aryl methyl sites for hydroxylation is 1. The van der Waals surface area contributed by atoms with Gasteiger partial charge in [0.2, 0.25) is 0 Å². The predicted octanol–water partition coefficient (Wildman–Crippen LogP) is 3.50. The number of hydrogen-bond acceptors (Lipinski definition) is 5. The zero-order valence-corrected chi connectivity index (χ0v) is 15.3. The molecule has 28 heavy (non-hydrogen) atoms. The van der Waals surface area contributed by atoms with Crippen LogP contribution in [0.5, 0.6) is 0 Å². The van der Waals surface area contributed by atoms with Crippen molar-refractivity contribution in [1.29, 1.82) is 0 Å². The first-order chi connectivity index (χ1) is 15.8. The minimum Gasteiger partial charge on any atom is -0.382 e. The van der Waals surface area contributed by atoms with E-state index >= 15 is 0 Å². The van der Waals surface area contributed by atoms with E-state index < -0.39 is 37.1 Å². The van der Waals surface area contributed by atoms with Crippen LogP contribution < -0.4 is 10.2 Å². The Kier molecular flexibility index (Phi) is 2.77. The molecule has 3 aromatic rings. The van der Waals surface area contributed by atoms with Gasteiger partial charge in [0.15, 0.2) is 5.65 Å². The second kappa shape index (κ2) is 6.58. The van der Waals surface area contributed by atoms with Crippen molar-refractivity contribution in [2.75, 3.05) is 11.4 Å². The third kappa shape index (κ3) is 2.82. The summed E-state index contributed by atoms with van der Waals surface area (Å²) < 4.78 is 68.2. The Balaban J connectivity index is 1.83. The van der Waals surface area contributed by atoms with Crippen molar-refractivity contribution in [3.63, 3.8) is 0 Å². The highest BCUT2D eigenvalue weighted by Gasteiger charge is 2.30. The largest absolute Gasteiger partial charge is 0.382 e. The van der Waals surface area contributed by atoms with Crippen molar-refractivity contribution < 1.29 is 12.6 Å². The number of anilines is 1. The molecular weight excluding hydrogens is 355 g/mol. The standard InChI is InChI=1S/C21H23FN6/c1-13-5-6-18-16(10-15(22)11-23-18)19-4-3-8-27(19)20-7-9-28-21(26-20)17(12-24-28)14(2)25-13/h7,9-13,19,25H,2-6,8H2,1H3/t13-,19+/m1/s1/i5D2,6D2,8D2. The molecule has 0 amide bonds. The Labute approximate surface area is 171 Å². The van der Waals surface area contributed by atoms with Gasteiger partial charge in [-0.15, -0.1) is 0 Å². The average molecular weight is 384 g/mol. The van der Waals surface area contributed by atoms with Crippen LogP contribution in [0.1, 0.15) is 57.2 Å². The summed E-state index contributed by atoms with van der Waals surface area (Å²) in [6.45, 7) is 3.61. The van der Waals surface area contributed by atoms with Crippen LogP contribution in [0.15, 0.2) is 37.3 Å². The highest BCUT2D eigenvalue weighted by molar-refractivity contribution is 5.74. The molecule has 1 fully saturated rings. The van der Waals surface area contributed by atoms with E-state index in [-0.39, 0.29) is 29.9 Å². The summed E-state index contributed by atoms with van der Waals surface area (Å²) in [5, 5.41) is 7.19. The molecule has 2 aliphatic heterocycles. The molecular formula is C21H23FN6. The maximum Gasteiger partial charge on any atom is 0.166 e. The third-order valence-corrected chi connectivity index (χ3v) is 4.98. The molecule has 7 heteroatoms. The van der Waals surface area contributed by atoms with Crippen LogP contribution in [0.2, 0.25) is 0 Å². The summed E-state index contributed by atoms with van der Waals surface area (Å²) in [7, 11) is 0. The van der Waals surface area contributed by atoms with Crippen LogP contribution in [0.4, 0.5) is 10.2 Å². The number of halogens is 1. The Hall–Kier alpha value is -2.96. The normalized spacial score (nSPS) is 30.8. The van der Waals surface area contributed by atoms with Crippen LogP contribution in [0.25, 0.3) is 11.3 Å². The number of hydrogen-bond donors (Lipinski definition) is 1. The van der Waals surface area contributed by atoms with Crippen molar-refractivity contribution in [2.24, 2.45) is 0 Å². The summed E-state index contributed by atoms with van der Waals surface area (Å²) >= 11 is 0. The van der Waals surface area contributed by atoms with Gasteiger partial charge >= 0.3 is 0 Å². The second-order valence-electron chi connectivity index (χ2n) is 6.90. The van der Waals surface area contributed by atoms with Crippen LogP contribution in [0, 0.1) is 5.82 Å². The average Bonchev–Trinajstić information content (AvgIpc) is 3.32. The van der Waals surface area contributed by atoms with E-state index in [1.54, 1.807) is 12.3 Å². The van der Waals surface area contributed by atoms with Crippen molar-refractivity contribution in [3.05, 3.63) is 59.9 Å². The monoisotopic (exact) mass is 384 g/mol. The fourth-order valence-corrected chi connectivity index (χ4v) is 3.67. The smallest absolute Gasteiger partial charge is 0.166 e. The van der Waals surface area contributed by atoms with E-state index in [0.29, 0.717) is 16.9 Å². The molecule has 0 aromatic carbocycles. The highest BCUT2D eigenvalue weighted by atomic mass is 19.1. The molecule has 1 saturated heterocycles. The minimum absolute atomic E-state index is 0.0904. The number of aromatic nitrogens is 4. The van der Waals surface area contributed by atoms with E-state index in [2.05, 4.69) is 27.0 Å². The predicted molar refractivity (Wildman–Crippen MR) is 106 cm³/mol. The Morgan fingerprint density at radius 2 is 2.29 bits per heavy atom. The van der Waals surface area contributed by atoms with E-state index in [1.165, 1.54) is 22.5 Å². The van der Waals surface area contributed by atoms with Crippen molar-refractivity contribution in [2.45, 2.75) is 44.6 Å². The van der Waals surface area contributed by atoms with Gasteiger partial charge in [-0.25, -0.2) is 13.9 Å². The van der Waals surface area contributed by atoms with Gasteiger partial charge < -0.3 is 10.2 Å². The molecule has 0 saturated carbocycles. The summed E-state index contributed by atoms with van der Waals surface area (Å²) in [6.07, 6.45) is -0.830. The topological polar surface area (TPSA) is 58.4 Å². The molecule has 3 aromatic heterocycles. The van der Waals surface area contributed by atoms with E-state index in [9.17, 15) is 4.39 Å². The van der Waals surface area contributed by atoms with Gasteiger partial charge in [0.25, 0.3) is 0 Å². The van der Waals surface area contributed by atoms with Gasteiger partial charge in [-0.3, -0.25) is 4.98 Å². The van der Waals surface area contributed by atoms with Gasteiger partial charge in [-0.05, 0) is 50.2 Å². The number of pyridine rings is 1. The molecule has 2 aliphatic rings. The molecule has 0 aliphatic carbocycles. The lowest BCUT2D eigenvalue weighted by Crippen LogP contribution is -2.26. The highest BCUT2D eigenvalue weighted by Crippen LogP contribution is 2.37. The Bertz CT molecular complexity index is 1310. The van der Waals surface area contributed by atoms with Gasteiger partial charge in [-0.2, -0.15) is 5.10 Å². The quantitative estimate of drug-likeness (QED) is 0.643. The zero-order chi connectivity index (χ0) is 24.6. The molecule has 5 heterocycles. The van der Waals surface area contributed by atoms with Gasteiger partial charge in [0.1, 0.15) is 11.6 Å². The SMILES string of the molecule is [2H]C1([2H])CC[C@H]2c3cc(F)cnc3C([2H])([2H])C([2H])([2H])[C@@H](C)NC(=C)c3cnn4ccc(nc34)N21. The molecule has 2 atom stereocenters. The van der Waals surface area contributed by atoms with Crippen LogP contribution >= 0.6 is 0 Å². The maximum atomic E-state index is 14.4. The third-order valence-electron chi connectivity index (χ3n) is 4.98. The maximum absolute atomic E-state index is 14.4. The van der Waals surface area contributed by atoms with E-state index in [0.717, 1.165) is 12.3 Å². The lowest BCUT2D eigenvalue weighted by atomic mass is 9.98. The minimum atomic E-state index is -2.65. The first-order valence-corrected chi connectivity index (χ1v) is 9.10. The van der Waals surface area contributed by atoms with Gasteiger partial charge in [0, 0.05) is 38.4 Å². The number of nitrogens with zero attached hydrogens (tertiary/aromatic N) is 5. The summed E-state index contributed by atoms with van der Waals surface area (Å²) in [5.74, 6) is -0.450. The zero-order valence-electron chi connectivity index (χ0n) is 21.3. The number of nitrogens with one attached hydrogen (secondary N) is 1. The molecule has 5 rings (SSSR count). The lowest BCUT2D eigenvalue weighted by molar-refractivity contribution is 0.575. The first kappa shape index (κ1) is 11.8. The fraction of sp³-hybridized carbons (Fsp3) is 0.381. The molecule has 0 spiro atoms. The van der Waals surface area contributed by atoms with Crippen molar-refractivity contribution >= 4 is 17.2 Å². The number of rotatable bonds is 0.